The van der Waals surface area contributed by atoms with E-state index < -0.39 is 0 Å². The van der Waals surface area contributed by atoms with Gasteiger partial charge in [-0.25, -0.2) is 0 Å². The van der Waals surface area contributed by atoms with Crippen LogP contribution in [0.25, 0.3) is 0 Å². The average Bonchev–Trinajstić information content (AvgIpc) is 2.16. The van der Waals surface area contributed by atoms with Crippen LogP contribution in [0.5, 0.6) is 0 Å². The number of hydrogen-bond donors (Lipinski definition) is 2. The van der Waals surface area contributed by atoms with Gasteiger partial charge in [0.1, 0.15) is 0 Å². The molecule has 2 N–H and O–H groups in total. The molecular formula is C12H18N2. The van der Waals surface area contributed by atoms with Gasteiger partial charge in [-0.1, -0.05) is 19.9 Å². The highest BCUT2D eigenvalue weighted by Crippen LogP contribution is 2.33. The molecule has 0 radical (unpaired) electrons. The molecule has 2 heteroatoms. The van der Waals surface area contributed by atoms with Gasteiger partial charge >= 0.3 is 0 Å². The van der Waals surface area contributed by atoms with E-state index in [-0.39, 0.29) is 0 Å². The number of benzene rings is 1. The minimum absolute atomic E-state index is 0.383. The molecule has 0 fully saturated rings. The fourth-order valence-corrected chi connectivity index (χ4v) is 1.96. The Balaban J connectivity index is 2.32. The summed E-state index contributed by atoms with van der Waals surface area (Å²) in [5.74, 6) is 0. The molecule has 1 aliphatic rings. The molecule has 0 spiro atoms. The quantitative estimate of drug-likeness (QED) is 0.711. The van der Waals surface area contributed by atoms with Crippen LogP contribution >= 0.6 is 0 Å². The van der Waals surface area contributed by atoms with E-state index in [0.29, 0.717) is 5.41 Å². The Labute approximate surface area is 85.7 Å². The first-order valence-electron chi connectivity index (χ1n) is 5.15. The van der Waals surface area contributed by atoms with Crippen molar-refractivity contribution in [1.82, 2.24) is 0 Å². The van der Waals surface area contributed by atoms with Gasteiger partial charge in [-0.3, -0.25) is 0 Å². The van der Waals surface area contributed by atoms with Crippen molar-refractivity contribution in [3.05, 3.63) is 23.8 Å². The van der Waals surface area contributed by atoms with E-state index >= 15 is 0 Å². The van der Waals surface area contributed by atoms with Gasteiger partial charge in [-0.15, -0.1) is 0 Å². The van der Waals surface area contributed by atoms with Crippen LogP contribution in [0.1, 0.15) is 19.4 Å². The molecule has 2 rings (SSSR count). The van der Waals surface area contributed by atoms with E-state index in [4.69, 9.17) is 0 Å². The van der Waals surface area contributed by atoms with Crippen molar-refractivity contribution in [3.8, 4) is 0 Å². The van der Waals surface area contributed by atoms with E-state index in [0.717, 1.165) is 6.54 Å². The normalized spacial score (nSPS) is 18.2. The predicted molar refractivity (Wildman–Crippen MR) is 62.0 cm³/mol. The molecule has 0 saturated heterocycles. The largest absolute Gasteiger partial charge is 0.388 e. The van der Waals surface area contributed by atoms with E-state index in [1.807, 2.05) is 7.05 Å². The van der Waals surface area contributed by atoms with Crippen LogP contribution in [0, 0.1) is 5.41 Å². The maximum absolute atomic E-state index is 3.49. The molecule has 0 aliphatic carbocycles. The lowest BCUT2D eigenvalue weighted by Gasteiger charge is -2.32. The SMILES string of the molecule is CNc1ccc2c(c1)NCC(C)(C)C2. The monoisotopic (exact) mass is 190 g/mol. The third kappa shape index (κ3) is 1.69. The van der Waals surface area contributed by atoms with Gasteiger partial charge in [-0.05, 0) is 29.5 Å². The third-order valence-corrected chi connectivity index (χ3v) is 2.82. The maximum Gasteiger partial charge on any atom is 0.0393 e. The standard InChI is InChI=1S/C12H18N2/c1-12(2)7-9-4-5-10(13-3)6-11(9)14-8-12/h4-6,13-14H,7-8H2,1-3H3. The van der Waals surface area contributed by atoms with E-state index in [2.05, 4.69) is 42.7 Å². The minimum atomic E-state index is 0.383. The van der Waals surface area contributed by atoms with Crippen LogP contribution in [0.2, 0.25) is 0 Å². The molecule has 0 aromatic heterocycles. The summed E-state index contributed by atoms with van der Waals surface area (Å²) >= 11 is 0. The van der Waals surface area contributed by atoms with Gasteiger partial charge in [0.2, 0.25) is 0 Å². The Hall–Kier alpha value is -1.18. The summed E-state index contributed by atoms with van der Waals surface area (Å²) in [5, 5.41) is 6.65. The Morgan fingerprint density at radius 1 is 1.36 bits per heavy atom. The lowest BCUT2D eigenvalue weighted by Crippen LogP contribution is -2.30. The summed E-state index contributed by atoms with van der Waals surface area (Å²) in [5.41, 5.74) is 4.28. The Morgan fingerprint density at radius 2 is 2.14 bits per heavy atom. The summed E-state index contributed by atoms with van der Waals surface area (Å²) < 4.78 is 0. The van der Waals surface area contributed by atoms with Gasteiger partial charge in [0.15, 0.2) is 0 Å². The number of hydrogen-bond acceptors (Lipinski definition) is 2. The van der Waals surface area contributed by atoms with Gasteiger partial charge in [0.05, 0.1) is 0 Å². The van der Waals surface area contributed by atoms with Crippen molar-refractivity contribution in [2.75, 3.05) is 24.2 Å². The topological polar surface area (TPSA) is 24.1 Å². The first-order valence-corrected chi connectivity index (χ1v) is 5.15. The zero-order valence-corrected chi connectivity index (χ0v) is 9.15. The van der Waals surface area contributed by atoms with Gasteiger partial charge in [-0.2, -0.15) is 0 Å². The second kappa shape index (κ2) is 3.19. The van der Waals surface area contributed by atoms with Crippen LogP contribution < -0.4 is 10.6 Å². The fourth-order valence-electron chi connectivity index (χ4n) is 1.96. The Bertz CT molecular complexity index is 342. The first kappa shape index (κ1) is 9.38. The van der Waals surface area contributed by atoms with Crippen LogP contribution in [0.15, 0.2) is 18.2 Å². The molecule has 1 aromatic carbocycles. The van der Waals surface area contributed by atoms with Crippen LogP contribution in [0.3, 0.4) is 0 Å². The molecule has 1 aliphatic heterocycles. The summed E-state index contributed by atoms with van der Waals surface area (Å²) in [6.45, 7) is 5.66. The Kier molecular flexibility index (Phi) is 2.14. The molecule has 0 saturated carbocycles. The second-order valence-corrected chi connectivity index (χ2v) is 4.82. The highest BCUT2D eigenvalue weighted by atomic mass is 14.9. The summed E-state index contributed by atoms with van der Waals surface area (Å²) in [7, 11) is 1.95. The summed E-state index contributed by atoms with van der Waals surface area (Å²) in [4.78, 5) is 0. The predicted octanol–water partition coefficient (Wildman–Crippen LogP) is 2.72. The van der Waals surface area contributed by atoms with Crippen LogP contribution in [-0.4, -0.2) is 13.6 Å². The van der Waals surface area contributed by atoms with E-state index in [1.165, 1.54) is 23.4 Å². The highest BCUT2D eigenvalue weighted by Gasteiger charge is 2.24. The minimum Gasteiger partial charge on any atom is -0.388 e. The van der Waals surface area contributed by atoms with Crippen LogP contribution in [-0.2, 0) is 6.42 Å². The van der Waals surface area contributed by atoms with Crippen molar-refractivity contribution in [2.45, 2.75) is 20.3 Å². The van der Waals surface area contributed by atoms with Crippen molar-refractivity contribution < 1.29 is 0 Å². The number of nitrogens with one attached hydrogen (secondary N) is 2. The molecule has 1 aromatic rings. The highest BCUT2D eigenvalue weighted by molar-refractivity contribution is 5.62. The average molecular weight is 190 g/mol. The molecule has 0 atom stereocenters. The molecule has 0 amide bonds. The number of rotatable bonds is 1. The number of fused-ring (bicyclic) bond motifs is 1. The van der Waals surface area contributed by atoms with Gasteiger partial charge < -0.3 is 10.6 Å². The fraction of sp³-hybridized carbons (Fsp3) is 0.500. The Morgan fingerprint density at radius 3 is 2.86 bits per heavy atom. The van der Waals surface area contributed by atoms with E-state index in [1.54, 1.807) is 0 Å². The lowest BCUT2D eigenvalue weighted by molar-refractivity contribution is 0.379. The molecular weight excluding hydrogens is 172 g/mol. The van der Waals surface area contributed by atoms with Crippen molar-refractivity contribution in [2.24, 2.45) is 5.41 Å². The smallest absolute Gasteiger partial charge is 0.0393 e. The molecule has 0 unspecified atom stereocenters. The third-order valence-electron chi connectivity index (χ3n) is 2.82. The van der Waals surface area contributed by atoms with Crippen LogP contribution in [0.4, 0.5) is 11.4 Å². The van der Waals surface area contributed by atoms with Gasteiger partial charge in [0.25, 0.3) is 0 Å². The zero-order valence-electron chi connectivity index (χ0n) is 9.15. The zero-order chi connectivity index (χ0) is 10.2. The summed E-state index contributed by atoms with van der Waals surface area (Å²) in [6, 6.07) is 6.54. The molecule has 1 heterocycles. The molecule has 0 bridgehead atoms. The molecule has 76 valence electrons. The van der Waals surface area contributed by atoms with Crippen molar-refractivity contribution in [3.63, 3.8) is 0 Å². The number of anilines is 2. The first-order chi connectivity index (χ1) is 6.61. The summed E-state index contributed by atoms with van der Waals surface area (Å²) in [6.07, 6.45) is 1.17. The van der Waals surface area contributed by atoms with Crippen molar-refractivity contribution >= 4 is 11.4 Å². The van der Waals surface area contributed by atoms with Gasteiger partial charge in [0, 0.05) is 25.0 Å². The molecule has 2 nitrogen and oxygen atoms in total. The second-order valence-electron chi connectivity index (χ2n) is 4.82. The van der Waals surface area contributed by atoms with E-state index in [9.17, 15) is 0 Å². The maximum atomic E-state index is 3.49. The van der Waals surface area contributed by atoms with Crippen molar-refractivity contribution in [1.29, 1.82) is 0 Å². The lowest BCUT2D eigenvalue weighted by atomic mass is 9.82. The molecule has 14 heavy (non-hydrogen) atoms.